The van der Waals surface area contributed by atoms with Gasteiger partial charge in [0.1, 0.15) is 0 Å². The van der Waals surface area contributed by atoms with Crippen molar-refractivity contribution in [3.8, 4) is 50.2 Å². The minimum atomic E-state index is 0.504. The average Bonchev–Trinajstić information content (AvgIpc) is 3.66. The molecular formula is C43H32N6S. The van der Waals surface area contributed by atoms with E-state index in [2.05, 4.69) is 72.3 Å². The Bertz CT molecular complexity index is 2600. The van der Waals surface area contributed by atoms with E-state index in [1.54, 1.807) is 23.5 Å². The number of nitrogens with two attached hydrogens (primary N) is 2. The molecule has 0 amide bonds. The van der Waals surface area contributed by atoms with Crippen LogP contribution in [0.3, 0.4) is 0 Å². The Morgan fingerprint density at radius 2 is 1.24 bits per heavy atom. The third-order valence-corrected chi connectivity index (χ3v) is 9.94. The lowest BCUT2D eigenvalue weighted by Gasteiger charge is -2.16. The van der Waals surface area contributed by atoms with Crippen LogP contribution in [0, 0.1) is 0 Å². The predicted molar refractivity (Wildman–Crippen MR) is 211 cm³/mol. The van der Waals surface area contributed by atoms with Crippen molar-refractivity contribution in [1.82, 2.24) is 19.5 Å². The van der Waals surface area contributed by atoms with Gasteiger partial charge in [-0.15, -0.1) is 11.3 Å². The summed E-state index contributed by atoms with van der Waals surface area (Å²) < 4.78 is 3.32. The summed E-state index contributed by atoms with van der Waals surface area (Å²) in [5, 5.41) is 1.96. The molecular weight excluding hydrogens is 633 g/mol. The number of nitrogen functional groups attached to an aromatic ring is 2. The van der Waals surface area contributed by atoms with Gasteiger partial charge in [0.25, 0.3) is 0 Å². The zero-order valence-electron chi connectivity index (χ0n) is 27.1. The second-order valence-electron chi connectivity index (χ2n) is 11.8. The molecule has 0 fully saturated rings. The van der Waals surface area contributed by atoms with E-state index in [1.807, 2.05) is 78.9 Å². The fourth-order valence-corrected chi connectivity index (χ4v) is 7.55. The van der Waals surface area contributed by atoms with Crippen LogP contribution in [0.25, 0.3) is 76.7 Å². The standard InChI is InChI=1S/C43H32N6S/c1-3-15-27(4-2)41-46-42(29-18-9-6-10-19-29)48-43(47-41)31-24-30(28-16-7-5-8-17-28)25-32(26-31)49-35-22-13-11-20-33(35)37(44)39(49)40-38(45)34-21-12-14-23-36(34)50-40/h3-26H,1-2,44-45H2/b27-15+. The van der Waals surface area contributed by atoms with Crippen LogP contribution in [-0.4, -0.2) is 19.5 Å². The molecule has 6 nitrogen and oxygen atoms in total. The molecule has 0 spiro atoms. The largest absolute Gasteiger partial charge is 0.397 e. The number of anilines is 2. The normalized spacial score (nSPS) is 11.6. The maximum Gasteiger partial charge on any atom is 0.164 e. The first-order valence-electron chi connectivity index (χ1n) is 16.2. The Morgan fingerprint density at radius 3 is 1.94 bits per heavy atom. The van der Waals surface area contributed by atoms with Gasteiger partial charge in [0.15, 0.2) is 17.5 Å². The minimum Gasteiger partial charge on any atom is -0.397 e. The van der Waals surface area contributed by atoms with Gasteiger partial charge in [0.2, 0.25) is 0 Å². The van der Waals surface area contributed by atoms with Crippen LogP contribution in [0.1, 0.15) is 5.82 Å². The molecule has 8 rings (SSSR count). The van der Waals surface area contributed by atoms with E-state index in [0.717, 1.165) is 65.1 Å². The molecule has 4 N–H and O–H groups in total. The zero-order valence-corrected chi connectivity index (χ0v) is 27.9. The summed E-state index contributed by atoms with van der Waals surface area (Å²) in [6.45, 7) is 7.91. The summed E-state index contributed by atoms with van der Waals surface area (Å²) in [5.41, 5.74) is 22.5. The van der Waals surface area contributed by atoms with Crippen LogP contribution in [0.4, 0.5) is 11.4 Å². The predicted octanol–water partition coefficient (Wildman–Crippen LogP) is 10.6. The van der Waals surface area contributed by atoms with E-state index < -0.39 is 0 Å². The first kappa shape index (κ1) is 30.7. The average molecular weight is 665 g/mol. The molecule has 3 aromatic heterocycles. The van der Waals surface area contributed by atoms with E-state index >= 15 is 0 Å². The lowest BCUT2D eigenvalue weighted by molar-refractivity contribution is 1.04. The van der Waals surface area contributed by atoms with Gasteiger partial charge in [0.05, 0.1) is 27.5 Å². The van der Waals surface area contributed by atoms with Crippen molar-refractivity contribution in [1.29, 1.82) is 0 Å². The summed E-state index contributed by atoms with van der Waals surface area (Å²) in [4.78, 5) is 15.9. The topological polar surface area (TPSA) is 95.6 Å². The zero-order chi connectivity index (χ0) is 34.2. The number of allylic oxidation sites excluding steroid dienone is 4. The van der Waals surface area contributed by atoms with Gasteiger partial charge in [-0.1, -0.05) is 128 Å². The first-order chi connectivity index (χ1) is 24.5. The van der Waals surface area contributed by atoms with E-state index in [9.17, 15) is 0 Å². The minimum absolute atomic E-state index is 0.504. The molecule has 0 unspecified atom stereocenters. The van der Waals surface area contributed by atoms with Crippen molar-refractivity contribution < 1.29 is 0 Å². The maximum atomic E-state index is 7.05. The van der Waals surface area contributed by atoms with Crippen LogP contribution in [0.2, 0.25) is 0 Å². The molecule has 0 saturated carbocycles. The lowest BCUT2D eigenvalue weighted by atomic mass is 10.0. The van der Waals surface area contributed by atoms with Crippen LogP contribution >= 0.6 is 11.3 Å². The van der Waals surface area contributed by atoms with Crippen molar-refractivity contribution in [2.45, 2.75) is 0 Å². The molecule has 0 saturated heterocycles. The second kappa shape index (κ2) is 12.8. The first-order valence-corrected chi connectivity index (χ1v) is 17.0. The highest BCUT2D eigenvalue weighted by atomic mass is 32.1. The summed E-state index contributed by atoms with van der Waals surface area (Å²) in [7, 11) is 0. The third kappa shape index (κ3) is 5.36. The summed E-state index contributed by atoms with van der Waals surface area (Å²) in [6.07, 6.45) is 5.29. The Labute approximate surface area is 294 Å². The highest BCUT2D eigenvalue weighted by molar-refractivity contribution is 7.23. The maximum absolute atomic E-state index is 7.05. The Balaban J connectivity index is 1.44. The number of hydrogen-bond donors (Lipinski definition) is 2. The van der Waals surface area contributed by atoms with Crippen LogP contribution in [0.15, 0.2) is 159 Å². The highest BCUT2D eigenvalue weighted by Gasteiger charge is 2.24. The van der Waals surface area contributed by atoms with Gasteiger partial charge in [-0.05, 0) is 41.5 Å². The van der Waals surface area contributed by atoms with E-state index in [4.69, 9.17) is 26.4 Å². The number of para-hydroxylation sites is 1. The van der Waals surface area contributed by atoms with E-state index in [1.165, 1.54) is 0 Å². The number of nitrogens with zero attached hydrogens (tertiary/aromatic N) is 4. The highest BCUT2D eigenvalue weighted by Crippen LogP contribution is 2.47. The monoisotopic (exact) mass is 664 g/mol. The summed E-state index contributed by atoms with van der Waals surface area (Å²) >= 11 is 1.65. The molecule has 0 radical (unpaired) electrons. The van der Waals surface area contributed by atoms with Gasteiger partial charge in [-0.2, -0.15) is 0 Å². The third-order valence-electron chi connectivity index (χ3n) is 8.75. The van der Waals surface area contributed by atoms with E-state index in [-0.39, 0.29) is 0 Å². The molecule has 7 heteroatoms. The smallest absolute Gasteiger partial charge is 0.164 e. The molecule has 50 heavy (non-hydrogen) atoms. The van der Waals surface area contributed by atoms with Crippen molar-refractivity contribution >= 4 is 49.3 Å². The molecule has 3 heterocycles. The molecule has 0 aliphatic heterocycles. The number of rotatable bonds is 8. The SMILES string of the molecule is C=C/C=C(\C=C)c1nc(-c2ccccc2)nc(-c2cc(-c3ccccc3)cc(-n3c(-c4sc5ccccc5c4N)c(N)c4ccccc43)c2)n1. The number of thiophene rings is 1. The summed E-state index contributed by atoms with van der Waals surface area (Å²) in [5.74, 6) is 1.59. The molecule has 0 aliphatic carbocycles. The Kier molecular flexibility index (Phi) is 7.87. The fraction of sp³-hybridized carbons (Fsp3) is 0. The number of benzene rings is 5. The van der Waals surface area contributed by atoms with Gasteiger partial charge in [-0.3, -0.25) is 0 Å². The van der Waals surface area contributed by atoms with Crippen molar-refractivity contribution in [3.63, 3.8) is 0 Å². The van der Waals surface area contributed by atoms with Crippen molar-refractivity contribution in [3.05, 3.63) is 165 Å². The van der Waals surface area contributed by atoms with Gasteiger partial charge in [-0.25, -0.2) is 15.0 Å². The molecule has 5 aromatic carbocycles. The van der Waals surface area contributed by atoms with Crippen molar-refractivity contribution in [2.24, 2.45) is 0 Å². The molecule has 0 atom stereocenters. The van der Waals surface area contributed by atoms with Gasteiger partial charge in [0, 0.05) is 37.9 Å². The van der Waals surface area contributed by atoms with E-state index in [0.29, 0.717) is 28.8 Å². The molecule has 240 valence electrons. The van der Waals surface area contributed by atoms with Crippen LogP contribution < -0.4 is 11.5 Å². The Hall–Kier alpha value is -6.57. The van der Waals surface area contributed by atoms with Gasteiger partial charge >= 0.3 is 0 Å². The van der Waals surface area contributed by atoms with Crippen LogP contribution in [-0.2, 0) is 0 Å². The molecule has 0 aliphatic rings. The number of fused-ring (bicyclic) bond motifs is 2. The molecule has 8 aromatic rings. The lowest BCUT2D eigenvalue weighted by Crippen LogP contribution is -2.04. The Morgan fingerprint density at radius 1 is 0.620 bits per heavy atom. The second-order valence-corrected chi connectivity index (χ2v) is 12.9. The fourth-order valence-electron chi connectivity index (χ4n) is 6.38. The number of aromatic nitrogens is 4. The van der Waals surface area contributed by atoms with Crippen molar-refractivity contribution in [2.75, 3.05) is 11.5 Å². The van der Waals surface area contributed by atoms with Crippen LogP contribution in [0.5, 0.6) is 0 Å². The number of hydrogen-bond acceptors (Lipinski definition) is 6. The molecule has 0 bridgehead atoms. The quantitative estimate of drug-likeness (QED) is 0.158. The summed E-state index contributed by atoms with van der Waals surface area (Å²) in [6, 6.07) is 43.0. The van der Waals surface area contributed by atoms with Gasteiger partial charge < -0.3 is 16.0 Å².